The van der Waals surface area contributed by atoms with Crippen LogP contribution in [0.2, 0.25) is 0 Å². The molecule has 110 valence electrons. The van der Waals surface area contributed by atoms with Gasteiger partial charge in [-0.3, -0.25) is 4.90 Å². The summed E-state index contributed by atoms with van der Waals surface area (Å²) in [6, 6.07) is 8.34. The van der Waals surface area contributed by atoms with Crippen molar-refractivity contribution in [3.05, 3.63) is 42.5 Å². The van der Waals surface area contributed by atoms with Gasteiger partial charge in [-0.2, -0.15) is 0 Å². The molecule has 1 aliphatic heterocycles. The highest BCUT2D eigenvalue weighted by Gasteiger charge is 2.30. The van der Waals surface area contributed by atoms with Crippen LogP contribution in [0.3, 0.4) is 0 Å². The molecule has 20 heavy (non-hydrogen) atoms. The molecular formula is C17H26N2O. The number of benzene rings is 1. The molecule has 1 aromatic rings. The minimum Gasteiger partial charge on any atom is -0.497 e. The number of hydrogen-bond acceptors (Lipinski definition) is 3. The van der Waals surface area contributed by atoms with Crippen LogP contribution < -0.4 is 10.1 Å². The molecule has 1 unspecified atom stereocenters. The number of hydrogen-bond donors (Lipinski definition) is 1. The average molecular weight is 274 g/mol. The molecule has 3 nitrogen and oxygen atoms in total. The highest BCUT2D eigenvalue weighted by atomic mass is 16.5. The van der Waals surface area contributed by atoms with Crippen LogP contribution in [0.25, 0.3) is 0 Å². The molecule has 1 fully saturated rings. The molecule has 0 bridgehead atoms. The maximum Gasteiger partial charge on any atom is 0.118 e. The standard InChI is InChI=1S/C17H26N2O/c1-4-11-19(14-17(2)9-10-18-13-17)12-15-5-7-16(20-3)8-6-15/h4-8,18H,1,9-14H2,2-3H3. The minimum atomic E-state index is 0.384. The second-order valence-corrected chi connectivity index (χ2v) is 6.04. The molecule has 0 aliphatic carbocycles. The number of methoxy groups -OCH3 is 1. The third-order valence-corrected chi connectivity index (χ3v) is 4.01. The van der Waals surface area contributed by atoms with Gasteiger partial charge in [-0.05, 0) is 36.1 Å². The highest BCUT2D eigenvalue weighted by molar-refractivity contribution is 5.27. The predicted molar refractivity (Wildman–Crippen MR) is 84.1 cm³/mol. The van der Waals surface area contributed by atoms with Crippen LogP contribution >= 0.6 is 0 Å². The molecule has 1 aliphatic rings. The fraction of sp³-hybridized carbons (Fsp3) is 0.529. The molecule has 1 N–H and O–H groups in total. The summed E-state index contributed by atoms with van der Waals surface area (Å²) >= 11 is 0. The SMILES string of the molecule is C=CCN(Cc1ccc(OC)cc1)CC1(C)CCNC1. The van der Waals surface area contributed by atoms with Crippen LogP contribution in [0.4, 0.5) is 0 Å². The summed E-state index contributed by atoms with van der Waals surface area (Å²) in [6.07, 6.45) is 3.25. The smallest absolute Gasteiger partial charge is 0.118 e. The van der Waals surface area contributed by atoms with Gasteiger partial charge in [0.15, 0.2) is 0 Å². The molecule has 0 spiro atoms. The molecule has 0 amide bonds. The van der Waals surface area contributed by atoms with Crippen LogP contribution in [-0.4, -0.2) is 38.2 Å². The molecule has 0 aromatic heterocycles. The van der Waals surface area contributed by atoms with Crippen LogP contribution in [0.15, 0.2) is 36.9 Å². The Hall–Kier alpha value is -1.32. The largest absolute Gasteiger partial charge is 0.497 e. The molecule has 1 atom stereocenters. The first-order valence-corrected chi connectivity index (χ1v) is 7.32. The quantitative estimate of drug-likeness (QED) is 0.774. The van der Waals surface area contributed by atoms with Crippen molar-refractivity contribution in [3.63, 3.8) is 0 Å². The van der Waals surface area contributed by atoms with E-state index in [0.29, 0.717) is 5.41 Å². The van der Waals surface area contributed by atoms with E-state index in [2.05, 4.69) is 35.9 Å². The van der Waals surface area contributed by atoms with Gasteiger partial charge in [0, 0.05) is 26.2 Å². The first kappa shape index (κ1) is 15.1. The zero-order valence-electron chi connectivity index (χ0n) is 12.7. The monoisotopic (exact) mass is 274 g/mol. The number of rotatable bonds is 7. The third-order valence-electron chi connectivity index (χ3n) is 4.01. The van der Waals surface area contributed by atoms with Crippen LogP contribution in [0, 0.1) is 5.41 Å². The summed E-state index contributed by atoms with van der Waals surface area (Å²) < 4.78 is 5.21. The Balaban J connectivity index is 1.98. The Bertz CT molecular complexity index is 421. The first-order chi connectivity index (χ1) is 9.65. The lowest BCUT2D eigenvalue weighted by atomic mass is 9.89. The zero-order chi connectivity index (χ0) is 14.4. The Kier molecular flexibility index (Phi) is 5.21. The fourth-order valence-corrected chi connectivity index (χ4v) is 2.90. The van der Waals surface area contributed by atoms with Gasteiger partial charge in [0.2, 0.25) is 0 Å². The van der Waals surface area contributed by atoms with Crippen molar-refractivity contribution in [2.75, 3.05) is 33.3 Å². The van der Waals surface area contributed by atoms with E-state index in [1.807, 2.05) is 18.2 Å². The third kappa shape index (κ3) is 4.09. The molecule has 1 aromatic carbocycles. The summed E-state index contributed by atoms with van der Waals surface area (Å²) in [7, 11) is 1.70. The van der Waals surface area contributed by atoms with E-state index in [4.69, 9.17) is 4.74 Å². The maximum atomic E-state index is 5.21. The summed E-state index contributed by atoms with van der Waals surface area (Å²) in [6.45, 7) is 11.5. The van der Waals surface area contributed by atoms with Gasteiger partial charge in [-0.15, -0.1) is 6.58 Å². The second kappa shape index (κ2) is 6.91. The molecule has 3 heteroatoms. The molecule has 0 saturated carbocycles. The van der Waals surface area contributed by atoms with Crippen molar-refractivity contribution in [3.8, 4) is 5.75 Å². The van der Waals surface area contributed by atoms with Crippen LogP contribution in [0.1, 0.15) is 18.9 Å². The summed E-state index contributed by atoms with van der Waals surface area (Å²) in [5.41, 5.74) is 1.71. The first-order valence-electron chi connectivity index (χ1n) is 7.32. The van der Waals surface area contributed by atoms with Crippen LogP contribution in [0.5, 0.6) is 5.75 Å². The van der Waals surface area contributed by atoms with E-state index >= 15 is 0 Å². The zero-order valence-corrected chi connectivity index (χ0v) is 12.7. The number of ether oxygens (including phenoxy) is 1. The fourth-order valence-electron chi connectivity index (χ4n) is 2.90. The normalized spacial score (nSPS) is 22.1. The van der Waals surface area contributed by atoms with Crippen molar-refractivity contribution in [1.29, 1.82) is 0 Å². The van der Waals surface area contributed by atoms with E-state index in [1.54, 1.807) is 7.11 Å². The molecule has 0 radical (unpaired) electrons. The minimum absolute atomic E-state index is 0.384. The van der Waals surface area contributed by atoms with Crippen molar-refractivity contribution >= 4 is 0 Å². The summed E-state index contributed by atoms with van der Waals surface area (Å²) in [4.78, 5) is 2.47. The van der Waals surface area contributed by atoms with E-state index in [-0.39, 0.29) is 0 Å². The Labute approximate surface area is 122 Å². The van der Waals surface area contributed by atoms with Gasteiger partial charge in [-0.25, -0.2) is 0 Å². The lowest BCUT2D eigenvalue weighted by Gasteiger charge is -2.31. The van der Waals surface area contributed by atoms with Crippen LogP contribution in [-0.2, 0) is 6.54 Å². The van der Waals surface area contributed by atoms with Gasteiger partial charge in [0.1, 0.15) is 5.75 Å². The Morgan fingerprint density at radius 2 is 2.15 bits per heavy atom. The van der Waals surface area contributed by atoms with Crippen molar-refractivity contribution in [2.45, 2.75) is 19.9 Å². The Morgan fingerprint density at radius 1 is 1.40 bits per heavy atom. The highest BCUT2D eigenvalue weighted by Crippen LogP contribution is 2.26. The van der Waals surface area contributed by atoms with E-state index in [0.717, 1.165) is 38.5 Å². The lowest BCUT2D eigenvalue weighted by Crippen LogP contribution is -2.37. The van der Waals surface area contributed by atoms with Crippen molar-refractivity contribution < 1.29 is 4.74 Å². The second-order valence-electron chi connectivity index (χ2n) is 6.04. The molecular weight excluding hydrogens is 248 g/mol. The van der Waals surface area contributed by atoms with Gasteiger partial charge in [-0.1, -0.05) is 25.1 Å². The van der Waals surface area contributed by atoms with Crippen molar-refractivity contribution in [1.82, 2.24) is 10.2 Å². The average Bonchev–Trinajstić information content (AvgIpc) is 2.86. The predicted octanol–water partition coefficient (Wildman–Crippen LogP) is 2.68. The Morgan fingerprint density at radius 3 is 2.70 bits per heavy atom. The van der Waals surface area contributed by atoms with E-state index in [9.17, 15) is 0 Å². The molecule has 1 heterocycles. The maximum absolute atomic E-state index is 5.21. The molecule has 1 saturated heterocycles. The number of nitrogens with one attached hydrogen (secondary N) is 1. The van der Waals surface area contributed by atoms with E-state index in [1.165, 1.54) is 12.0 Å². The summed E-state index contributed by atoms with van der Waals surface area (Å²) in [5.74, 6) is 0.913. The van der Waals surface area contributed by atoms with E-state index < -0.39 is 0 Å². The topological polar surface area (TPSA) is 24.5 Å². The number of nitrogens with zero attached hydrogens (tertiary/aromatic N) is 1. The van der Waals surface area contributed by atoms with Gasteiger partial charge in [0.25, 0.3) is 0 Å². The lowest BCUT2D eigenvalue weighted by molar-refractivity contribution is 0.186. The summed E-state index contributed by atoms with van der Waals surface area (Å²) in [5, 5.41) is 3.47. The van der Waals surface area contributed by atoms with Gasteiger partial charge in [0.05, 0.1) is 7.11 Å². The van der Waals surface area contributed by atoms with Crippen molar-refractivity contribution in [2.24, 2.45) is 5.41 Å². The molecule has 2 rings (SSSR count). The van der Waals surface area contributed by atoms with Gasteiger partial charge >= 0.3 is 0 Å². The van der Waals surface area contributed by atoms with Gasteiger partial charge < -0.3 is 10.1 Å².